The van der Waals surface area contributed by atoms with E-state index < -0.39 is 21.3 Å². The van der Waals surface area contributed by atoms with Gasteiger partial charge in [0.25, 0.3) is 10.1 Å². The lowest BCUT2D eigenvalue weighted by Gasteiger charge is -2.08. The number of carbonyl (C=O) groups is 1. The molecule has 0 heterocycles. The SMILES string of the molecule is C=C(CC(C)S(=O)(=O)O)C(=O)OC. The molecule has 0 saturated carbocycles. The second kappa shape index (κ2) is 4.38. The van der Waals surface area contributed by atoms with Crippen molar-refractivity contribution in [3.63, 3.8) is 0 Å². The fraction of sp³-hybridized carbons (Fsp3) is 0.571. The van der Waals surface area contributed by atoms with Crippen molar-refractivity contribution in [2.75, 3.05) is 7.11 Å². The van der Waals surface area contributed by atoms with E-state index >= 15 is 0 Å². The topological polar surface area (TPSA) is 80.7 Å². The van der Waals surface area contributed by atoms with Crippen LogP contribution in [-0.4, -0.2) is 31.3 Å². The predicted octanol–water partition coefficient (Wildman–Crippen LogP) is 0.382. The molecule has 0 aromatic heterocycles. The van der Waals surface area contributed by atoms with E-state index in [4.69, 9.17) is 4.55 Å². The molecule has 1 atom stereocenters. The minimum atomic E-state index is -4.11. The molecule has 5 nitrogen and oxygen atoms in total. The highest BCUT2D eigenvalue weighted by molar-refractivity contribution is 7.86. The Morgan fingerprint density at radius 2 is 2.08 bits per heavy atom. The second-order valence-corrected chi connectivity index (χ2v) is 4.46. The molecule has 0 bridgehead atoms. The maximum atomic E-state index is 10.8. The van der Waals surface area contributed by atoms with E-state index in [1.807, 2.05) is 0 Å². The van der Waals surface area contributed by atoms with Crippen LogP contribution in [0.3, 0.4) is 0 Å². The number of carbonyl (C=O) groups excluding carboxylic acids is 1. The van der Waals surface area contributed by atoms with Gasteiger partial charge in [0, 0.05) is 5.57 Å². The van der Waals surface area contributed by atoms with Crippen molar-refractivity contribution in [2.45, 2.75) is 18.6 Å². The van der Waals surface area contributed by atoms with Crippen LogP contribution in [0.4, 0.5) is 0 Å². The summed E-state index contributed by atoms with van der Waals surface area (Å²) in [4.78, 5) is 10.8. The number of rotatable bonds is 4. The van der Waals surface area contributed by atoms with Crippen molar-refractivity contribution in [1.29, 1.82) is 0 Å². The molecule has 0 amide bonds. The normalized spacial score (nSPS) is 13.5. The van der Waals surface area contributed by atoms with Crippen molar-refractivity contribution in [1.82, 2.24) is 0 Å². The minimum Gasteiger partial charge on any atom is -0.466 e. The van der Waals surface area contributed by atoms with Crippen molar-refractivity contribution in [3.8, 4) is 0 Å². The maximum Gasteiger partial charge on any atom is 0.333 e. The fourth-order valence-electron chi connectivity index (χ4n) is 0.680. The summed E-state index contributed by atoms with van der Waals surface area (Å²) in [6.07, 6.45) is -0.133. The first-order chi connectivity index (χ1) is 5.79. The number of methoxy groups -OCH3 is 1. The van der Waals surface area contributed by atoms with Gasteiger partial charge in [-0.05, 0) is 13.3 Å². The minimum absolute atomic E-state index is 0.0209. The molecule has 13 heavy (non-hydrogen) atoms. The van der Waals surface area contributed by atoms with E-state index in [0.29, 0.717) is 0 Å². The van der Waals surface area contributed by atoms with E-state index in [1.165, 1.54) is 14.0 Å². The summed E-state index contributed by atoms with van der Waals surface area (Å²) >= 11 is 0. The molecule has 0 aliphatic carbocycles. The molecule has 0 aliphatic rings. The van der Waals surface area contributed by atoms with Gasteiger partial charge in [-0.1, -0.05) is 6.58 Å². The van der Waals surface area contributed by atoms with Crippen LogP contribution in [0.2, 0.25) is 0 Å². The Labute approximate surface area is 77.1 Å². The zero-order chi connectivity index (χ0) is 10.6. The molecule has 0 aromatic carbocycles. The average molecular weight is 208 g/mol. The second-order valence-electron chi connectivity index (χ2n) is 2.62. The van der Waals surface area contributed by atoms with Crippen LogP contribution in [0.25, 0.3) is 0 Å². The number of esters is 1. The van der Waals surface area contributed by atoms with Gasteiger partial charge in [0.15, 0.2) is 0 Å². The van der Waals surface area contributed by atoms with E-state index in [-0.39, 0.29) is 12.0 Å². The predicted molar refractivity (Wildman–Crippen MR) is 46.8 cm³/mol. The van der Waals surface area contributed by atoms with Crippen LogP contribution in [-0.2, 0) is 19.6 Å². The first-order valence-corrected chi connectivity index (χ1v) is 5.01. The summed E-state index contributed by atoms with van der Waals surface area (Å²) in [6, 6.07) is 0. The highest BCUT2D eigenvalue weighted by atomic mass is 32.2. The molecule has 1 N–H and O–H groups in total. The smallest absolute Gasteiger partial charge is 0.333 e. The molecule has 0 spiro atoms. The van der Waals surface area contributed by atoms with E-state index in [2.05, 4.69) is 11.3 Å². The lowest BCUT2D eigenvalue weighted by molar-refractivity contribution is -0.136. The molecule has 76 valence electrons. The first-order valence-electron chi connectivity index (χ1n) is 3.51. The third kappa shape index (κ3) is 4.05. The van der Waals surface area contributed by atoms with E-state index in [0.717, 1.165) is 0 Å². The molecule has 0 aliphatic heterocycles. The van der Waals surface area contributed by atoms with E-state index in [1.54, 1.807) is 0 Å². The van der Waals surface area contributed by atoms with E-state index in [9.17, 15) is 13.2 Å². The van der Waals surface area contributed by atoms with Gasteiger partial charge in [-0.3, -0.25) is 4.55 Å². The number of hydrogen-bond donors (Lipinski definition) is 1. The lowest BCUT2D eigenvalue weighted by atomic mass is 10.2. The van der Waals surface area contributed by atoms with Gasteiger partial charge in [0.05, 0.1) is 12.4 Å². The summed E-state index contributed by atoms with van der Waals surface area (Å²) in [5, 5.41) is -1.04. The Balaban J connectivity index is 4.32. The standard InChI is InChI=1S/C7H12O5S/c1-5(7(8)12-3)4-6(2)13(9,10)11/h6H,1,4H2,2-3H3,(H,9,10,11). The van der Waals surface area contributed by atoms with Gasteiger partial charge in [-0.15, -0.1) is 0 Å². The average Bonchev–Trinajstić information content (AvgIpc) is 2.01. The summed E-state index contributed by atoms with van der Waals surface area (Å²) in [6.45, 7) is 4.61. The highest BCUT2D eigenvalue weighted by Crippen LogP contribution is 2.10. The van der Waals surface area contributed by atoms with Crippen molar-refractivity contribution in [3.05, 3.63) is 12.2 Å². The number of ether oxygens (including phenoxy) is 1. The Morgan fingerprint density at radius 1 is 1.62 bits per heavy atom. The number of hydrogen-bond acceptors (Lipinski definition) is 4. The summed E-state index contributed by atoms with van der Waals surface area (Å²) in [5.74, 6) is -0.671. The zero-order valence-electron chi connectivity index (χ0n) is 7.48. The van der Waals surface area contributed by atoms with Crippen LogP contribution < -0.4 is 0 Å². The fourth-order valence-corrected chi connectivity index (χ4v) is 1.09. The Hall–Kier alpha value is -0.880. The highest BCUT2D eigenvalue weighted by Gasteiger charge is 2.20. The van der Waals surface area contributed by atoms with Crippen molar-refractivity contribution >= 4 is 16.1 Å². The van der Waals surface area contributed by atoms with Crippen LogP contribution in [0.15, 0.2) is 12.2 Å². The maximum absolute atomic E-state index is 10.8. The van der Waals surface area contributed by atoms with Crippen LogP contribution in [0, 0.1) is 0 Å². The van der Waals surface area contributed by atoms with Crippen LogP contribution >= 0.6 is 0 Å². The molecule has 0 fully saturated rings. The summed E-state index contributed by atoms with van der Waals surface area (Å²) in [5.41, 5.74) is 0.0209. The molecule has 0 rings (SSSR count). The van der Waals surface area contributed by atoms with Gasteiger partial charge in [0.2, 0.25) is 0 Å². The van der Waals surface area contributed by atoms with Gasteiger partial charge in [-0.2, -0.15) is 8.42 Å². The molecular weight excluding hydrogens is 196 g/mol. The Morgan fingerprint density at radius 3 is 2.38 bits per heavy atom. The van der Waals surface area contributed by atoms with Crippen LogP contribution in [0.1, 0.15) is 13.3 Å². The molecule has 0 aromatic rings. The molecule has 0 saturated heterocycles. The van der Waals surface area contributed by atoms with Gasteiger partial charge in [0.1, 0.15) is 0 Å². The Kier molecular flexibility index (Phi) is 4.09. The van der Waals surface area contributed by atoms with Crippen LogP contribution in [0.5, 0.6) is 0 Å². The Bertz CT molecular complexity index is 303. The summed E-state index contributed by atoms with van der Waals surface area (Å²) < 4.78 is 34.0. The first kappa shape index (κ1) is 12.1. The zero-order valence-corrected chi connectivity index (χ0v) is 8.30. The molecular formula is C7H12O5S. The van der Waals surface area contributed by atoms with Crippen molar-refractivity contribution < 1.29 is 22.5 Å². The monoisotopic (exact) mass is 208 g/mol. The quantitative estimate of drug-likeness (QED) is 0.410. The van der Waals surface area contributed by atoms with Gasteiger partial charge >= 0.3 is 5.97 Å². The lowest BCUT2D eigenvalue weighted by Crippen LogP contribution is -2.19. The third-order valence-electron chi connectivity index (χ3n) is 1.52. The molecule has 1 unspecified atom stereocenters. The molecule has 0 radical (unpaired) electrons. The third-order valence-corrected chi connectivity index (χ3v) is 2.70. The van der Waals surface area contributed by atoms with Crippen molar-refractivity contribution in [2.24, 2.45) is 0 Å². The summed E-state index contributed by atoms with van der Waals surface area (Å²) in [7, 11) is -2.94. The van der Waals surface area contributed by atoms with Gasteiger partial charge < -0.3 is 4.74 Å². The largest absolute Gasteiger partial charge is 0.466 e. The van der Waals surface area contributed by atoms with Gasteiger partial charge in [-0.25, -0.2) is 4.79 Å². The molecule has 6 heteroatoms.